The molecule has 0 spiro atoms. The van der Waals surface area contributed by atoms with E-state index in [9.17, 15) is 10.1 Å². The number of ether oxygens (including phenoxy) is 1. The van der Waals surface area contributed by atoms with Gasteiger partial charge >= 0.3 is 5.69 Å². The average Bonchev–Trinajstić information content (AvgIpc) is 2.29. The van der Waals surface area contributed by atoms with E-state index in [0.29, 0.717) is 6.54 Å². The maximum atomic E-state index is 10.9. The lowest BCUT2D eigenvalue weighted by molar-refractivity contribution is -0.384. The van der Waals surface area contributed by atoms with Gasteiger partial charge in [0.25, 0.3) is 0 Å². The van der Waals surface area contributed by atoms with Crippen LogP contribution in [-0.2, 0) is 4.74 Å². The predicted molar refractivity (Wildman–Crippen MR) is 68.0 cm³/mol. The molecule has 1 saturated carbocycles. The van der Waals surface area contributed by atoms with Crippen LogP contribution in [0.1, 0.15) is 19.3 Å². The second-order valence-electron chi connectivity index (χ2n) is 4.37. The molecule has 0 atom stereocenters. The van der Waals surface area contributed by atoms with Crippen molar-refractivity contribution >= 4 is 23.1 Å². The van der Waals surface area contributed by atoms with Crippen LogP contribution in [0.25, 0.3) is 0 Å². The lowest BCUT2D eigenvalue weighted by Gasteiger charge is -2.40. The van der Waals surface area contributed by atoms with Crippen LogP contribution >= 0.6 is 11.6 Å². The molecule has 0 bridgehead atoms. The SMILES string of the molecule is COC1(CNc2ncc(Cl)cc2[N+](=O)[O-])CCC1. The largest absolute Gasteiger partial charge is 0.376 e. The minimum Gasteiger partial charge on any atom is -0.376 e. The van der Waals surface area contributed by atoms with E-state index in [-0.39, 0.29) is 22.1 Å². The minimum atomic E-state index is -0.499. The molecule has 2 rings (SSSR count). The van der Waals surface area contributed by atoms with Crippen molar-refractivity contribution in [3.8, 4) is 0 Å². The Morgan fingerprint density at radius 1 is 1.67 bits per heavy atom. The van der Waals surface area contributed by atoms with Crippen molar-refractivity contribution in [1.29, 1.82) is 0 Å². The van der Waals surface area contributed by atoms with E-state index in [0.717, 1.165) is 19.3 Å². The predicted octanol–water partition coefficient (Wildman–Crippen LogP) is 2.62. The molecule has 1 N–H and O–H groups in total. The molecule has 1 heterocycles. The molecule has 1 aliphatic carbocycles. The van der Waals surface area contributed by atoms with Crippen molar-refractivity contribution in [3.05, 3.63) is 27.4 Å². The number of rotatable bonds is 5. The monoisotopic (exact) mass is 271 g/mol. The van der Waals surface area contributed by atoms with Crippen molar-refractivity contribution in [2.24, 2.45) is 0 Å². The first kappa shape index (κ1) is 13.0. The fourth-order valence-corrected chi connectivity index (χ4v) is 2.13. The molecule has 0 amide bonds. The zero-order valence-corrected chi connectivity index (χ0v) is 10.7. The number of nitrogens with zero attached hydrogens (tertiary/aromatic N) is 2. The third-order valence-electron chi connectivity index (χ3n) is 3.31. The average molecular weight is 272 g/mol. The number of aromatic nitrogens is 1. The Hall–Kier alpha value is -1.40. The van der Waals surface area contributed by atoms with Gasteiger partial charge in [-0.25, -0.2) is 4.98 Å². The zero-order chi connectivity index (χ0) is 13.2. The van der Waals surface area contributed by atoms with Gasteiger partial charge in [-0.05, 0) is 19.3 Å². The van der Waals surface area contributed by atoms with Crippen LogP contribution in [0.5, 0.6) is 0 Å². The van der Waals surface area contributed by atoms with Crippen LogP contribution in [0.3, 0.4) is 0 Å². The Labute approximate surface area is 109 Å². The van der Waals surface area contributed by atoms with Crippen LogP contribution in [0, 0.1) is 10.1 Å². The first-order chi connectivity index (χ1) is 8.56. The van der Waals surface area contributed by atoms with Crippen LogP contribution in [0.4, 0.5) is 11.5 Å². The number of methoxy groups -OCH3 is 1. The summed E-state index contributed by atoms with van der Waals surface area (Å²) in [6.45, 7) is 0.513. The fraction of sp³-hybridized carbons (Fsp3) is 0.545. The summed E-state index contributed by atoms with van der Waals surface area (Å²) in [5.74, 6) is 0.229. The molecule has 0 radical (unpaired) electrons. The molecule has 0 unspecified atom stereocenters. The number of hydrogen-bond acceptors (Lipinski definition) is 5. The Morgan fingerprint density at radius 2 is 2.39 bits per heavy atom. The molecule has 1 aromatic heterocycles. The van der Waals surface area contributed by atoms with Gasteiger partial charge in [0.1, 0.15) is 0 Å². The lowest BCUT2D eigenvalue weighted by atomic mass is 9.80. The van der Waals surface area contributed by atoms with Crippen molar-refractivity contribution in [2.45, 2.75) is 24.9 Å². The highest BCUT2D eigenvalue weighted by molar-refractivity contribution is 6.30. The summed E-state index contributed by atoms with van der Waals surface area (Å²) in [6, 6.07) is 1.29. The van der Waals surface area contributed by atoms with E-state index in [2.05, 4.69) is 10.3 Å². The highest BCUT2D eigenvalue weighted by Gasteiger charge is 2.37. The zero-order valence-electron chi connectivity index (χ0n) is 9.98. The summed E-state index contributed by atoms with van der Waals surface area (Å²) in [7, 11) is 1.66. The summed E-state index contributed by atoms with van der Waals surface area (Å²) < 4.78 is 5.43. The molecule has 0 aromatic carbocycles. The molecule has 7 heteroatoms. The normalized spacial score (nSPS) is 17.0. The first-order valence-corrected chi connectivity index (χ1v) is 6.03. The molecule has 0 aliphatic heterocycles. The van der Waals surface area contributed by atoms with Crippen molar-refractivity contribution in [2.75, 3.05) is 19.0 Å². The lowest BCUT2D eigenvalue weighted by Crippen LogP contribution is -2.45. The summed E-state index contributed by atoms with van der Waals surface area (Å²) in [5, 5.41) is 14.1. The van der Waals surface area contributed by atoms with E-state index in [1.165, 1.54) is 12.3 Å². The quantitative estimate of drug-likeness (QED) is 0.658. The van der Waals surface area contributed by atoms with Gasteiger partial charge in [-0.2, -0.15) is 0 Å². The highest BCUT2D eigenvalue weighted by atomic mass is 35.5. The highest BCUT2D eigenvalue weighted by Crippen LogP contribution is 2.35. The molecule has 6 nitrogen and oxygen atoms in total. The van der Waals surface area contributed by atoms with E-state index in [4.69, 9.17) is 16.3 Å². The Kier molecular flexibility index (Phi) is 3.68. The number of anilines is 1. The molecule has 98 valence electrons. The van der Waals surface area contributed by atoms with Crippen LogP contribution in [0.15, 0.2) is 12.3 Å². The van der Waals surface area contributed by atoms with E-state index < -0.39 is 4.92 Å². The second-order valence-corrected chi connectivity index (χ2v) is 4.81. The maximum Gasteiger partial charge on any atom is 0.312 e. The van der Waals surface area contributed by atoms with E-state index in [1.54, 1.807) is 7.11 Å². The van der Waals surface area contributed by atoms with Crippen molar-refractivity contribution < 1.29 is 9.66 Å². The van der Waals surface area contributed by atoms with E-state index in [1.807, 2.05) is 0 Å². The molecule has 0 saturated heterocycles. The number of hydrogen-bond donors (Lipinski definition) is 1. The van der Waals surface area contributed by atoms with Gasteiger partial charge in [0, 0.05) is 25.9 Å². The first-order valence-electron chi connectivity index (χ1n) is 5.65. The Morgan fingerprint density at radius 3 is 2.89 bits per heavy atom. The van der Waals surface area contributed by atoms with Crippen molar-refractivity contribution in [1.82, 2.24) is 4.98 Å². The number of pyridine rings is 1. The Balaban J connectivity index is 2.11. The summed E-state index contributed by atoms with van der Waals surface area (Å²) in [5.41, 5.74) is -0.331. The molecular weight excluding hydrogens is 258 g/mol. The smallest absolute Gasteiger partial charge is 0.312 e. The topological polar surface area (TPSA) is 77.3 Å². The molecular formula is C11H14ClN3O3. The summed E-state index contributed by atoms with van der Waals surface area (Å²) in [4.78, 5) is 14.3. The second kappa shape index (κ2) is 5.07. The van der Waals surface area contributed by atoms with Crippen LogP contribution < -0.4 is 5.32 Å². The number of halogens is 1. The minimum absolute atomic E-state index is 0.118. The van der Waals surface area contributed by atoms with Gasteiger partial charge in [0.2, 0.25) is 5.82 Å². The molecule has 1 fully saturated rings. The standard InChI is InChI=1S/C11H14ClN3O3/c1-18-11(3-2-4-11)7-14-10-9(15(16)17)5-8(12)6-13-10/h5-6H,2-4,7H2,1H3,(H,13,14). The van der Waals surface area contributed by atoms with E-state index >= 15 is 0 Å². The van der Waals surface area contributed by atoms with Crippen LogP contribution in [0.2, 0.25) is 5.02 Å². The summed E-state index contributed by atoms with van der Waals surface area (Å²) in [6.07, 6.45) is 4.42. The summed E-state index contributed by atoms with van der Waals surface area (Å²) >= 11 is 5.70. The Bertz CT molecular complexity index is 457. The van der Waals surface area contributed by atoms with Gasteiger partial charge in [-0.3, -0.25) is 10.1 Å². The van der Waals surface area contributed by atoms with Crippen LogP contribution in [-0.4, -0.2) is 29.2 Å². The third-order valence-corrected chi connectivity index (χ3v) is 3.51. The van der Waals surface area contributed by atoms with Gasteiger partial charge in [0.05, 0.1) is 15.5 Å². The van der Waals surface area contributed by atoms with Gasteiger partial charge in [-0.15, -0.1) is 0 Å². The maximum absolute atomic E-state index is 10.9. The van der Waals surface area contributed by atoms with Gasteiger partial charge in [0.15, 0.2) is 0 Å². The molecule has 1 aromatic rings. The third kappa shape index (κ3) is 2.54. The number of nitro groups is 1. The molecule has 1 aliphatic rings. The number of nitrogens with one attached hydrogen (secondary N) is 1. The fourth-order valence-electron chi connectivity index (χ4n) is 1.97. The van der Waals surface area contributed by atoms with Gasteiger partial charge < -0.3 is 10.1 Å². The molecule has 18 heavy (non-hydrogen) atoms. The van der Waals surface area contributed by atoms with Gasteiger partial charge in [-0.1, -0.05) is 11.6 Å². The van der Waals surface area contributed by atoms with Crippen molar-refractivity contribution in [3.63, 3.8) is 0 Å².